The third kappa shape index (κ3) is 2.73. The molecule has 0 radical (unpaired) electrons. The Morgan fingerprint density at radius 2 is 2.11 bits per heavy atom. The molecule has 0 unspecified atom stereocenters. The number of nitrogens with zero attached hydrogens (tertiary/aromatic N) is 2. The SMILES string of the molecule is CNc1ncc(Br)c(Oc2ccc(F)cc2F)n1. The normalized spacial score (nSPS) is 10.2. The molecule has 7 heteroatoms. The number of ether oxygens (including phenoxy) is 1. The molecule has 1 heterocycles. The third-order valence-electron chi connectivity index (χ3n) is 2.04. The predicted octanol–water partition coefficient (Wildman–Crippen LogP) is 3.35. The molecular weight excluding hydrogens is 308 g/mol. The van der Waals surface area contributed by atoms with Crippen molar-refractivity contribution < 1.29 is 13.5 Å². The average Bonchev–Trinajstić information content (AvgIpc) is 2.35. The van der Waals surface area contributed by atoms with E-state index in [4.69, 9.17) is 4.74 Å². The van der Waals surface area contributed by atoms with Crippen molar-refractivity contribution in [3.8, 4) is 11.6 Å². The van der Waals surface area contributed by atoms with E-state index in [0.717, 1.165) is 12.1 Å². The summed E-state index contributed by atoms with van der Waals surface area (Å²) >= 11 is 3.18. The summed E-state index contributed by atoms with van der Waals surface area (Å²) in [5.41, 5.74) is 0. The molecule has 4 nitrogen and oxygen atoms in total. The van der Waals surface area contributed by atoms with E-state index in [-0.39, 0.29) is 11.6 Å². The van der Waals surface area contributed by atoms with Gasteiger partial charge < -0.3 is 10.1 Å². The lowest BCUT2D eigenvalue weighted by Crippen LogP contribution is -1.99. The van der Waals surface area contributed by atoms with Crippen LogP contribution >= 0.6 is 15.9 Å². The summed E-state index contributed by atoms with van der Waals surface area (Å²) in [5.74, 6) is -1.11. The quantitative estimate of drug-likeness (QED) is 0.943. The second-order valence-electron chi connectivity index (χ2n) is 3.27. The Balaban J connectivity index is 2.33. The second kappa shape index (κ2) is 5.26. The highest BCUT2D eigenvalue weighted by molar-refractivity contribution is 9.10. The molecule has 0 atom stereocenters. The van der Waals surface area contributed by atoms with E-state index >= 15 is 0 Å². The van der Waals surface area contributed by atoms with E-state index in [0.29, 0.717) is 10.4 Å². The van der Waals surface area contributed by atoms with Crippen molar-refractivity contribution in [1.82, 2.24) is 9.97 Å². The Labute approximate surface area is 110 Å². The summed E-state index contributed by atoms with van der Waals surface area (Å²) in [4.78, 5) is 7.93. The number of benzene rings is 1. The highest BCUT2D eigenvalue weighted by Gasteiger charge is 2.11. The second-order valence-corrected chi connectivity index (χ2v) is 4.13. The molecule has 18 heavy (non-hydrogen) atoms. The van der Waals surface area contributed by atoms with Gasteiger partial charge in [-0.25, -0.2) is 13.8 Å². The number of rotatable bonds is 3. The summed E-state index contributed by atoms with van der Waals surface area (Å²) in [6, 6.07) is 3.04. The van der Waals surface area contributed by atoms with Crippen LogP contribution in [0.4, 0.5) is 14.7 Å². The van der Waals surface area contributed by atoms with Crippen LogP contribution in [0.2, 0.25) is 0 Å². The van der Waals surface area contributed by atoms with E-state index < -0.39 is 11.6 Å². The van der Waals surface area contributed by atoms with Crippen LogP contribution in [-0.2, 0) is 0 Å². The summed E-state index contributed by atoms with van der Waals surface area (Å²) in [5, 5.41) is 2.73. The zero-order valence-electron chi connectivity index (χ0n) is 9.25. The van der Waals surface area contributed by atoms with Crippen LogP contribution in [0.15, 0.2) is 28.9 Å². The third-order valence-corrected chi connectivity index (χ3v) is 2.58. The lowest BCUT2D eigenvalue weighted by atomic mass is 10.3. The molecule has 0 bridgehead atoms. The van der Waals surface area contributed by atoms with E-state index in [1.54, 1.807) is 7.05 Å². The smallest absolute Gasteiger partial charge is 0.238 e. The van der Waals surface area contributed by atoms with Crippen LogP contribution in [-0.4, -0.2) is 17.0 Å². The molecule has 0 aliphatic carbocycles. The molecule has 0 spiro atoms. The Bertz CT molecular complexity index is 580. The minimum Gasteiger partial charge on any atom is -0.435 e. The van der Waals surface area contributed by atoms with Gasteiger partial charge in [0.15, 0.2) is 11.6 Å². The molecule has 0 saturated carbocycles. The van der Waals surface area contributed by atoms with Crippen molar-refractivity contribution in [3.05, 3.63) is 40.5 Å². The van der Waals surface area contributed by atoms with Crippen LogP contribution < -0.4 is 10.1 Å². The zero-order valence-corrected chi connectivity index (χ0v) is 10.8. The van der Waals surface area contributed by atoms with Crippen LogP contribution in [0, 0.1) is 11.6 Å². The molecular formula is C11H8BrF2N3O. The van der Waals surface area contributed by atoms with E-state index in [1.165, 1.54) is 12.3 Å². The highest BCUT2D eigenvalue weighted by atomic mass is 79.9. The molecule has 1 aromatic carbocycles. The summed E-state index contributed by atoms with van der Waals surface area (Å²) in [7, 11) is 1.64. The van der Waals surface area contributed by atoms with Gasteiger partial charge in [0.2, 0.25) is 11.8 Å². The first-order valence-electron chi connectivity index (χ1n) is 4.93. The standard InChI is InChI=1S/C11H8BrF2N3O/c1-15-11-16-5-7(12)10(17-11)18-9-3-2-6(13)4-8(9)14/h2-5H,1H3,(H,15,16,17). The van der Waals surface area contributed by atoms with Gasteiger partial charge in [0.05, 0.1) is 10.7 Å². The van der Waals surface area contributed by atoms with Crippen molar-refractivity contribution in [2.75, 3.05) is 12.4 Å². The summed E-state index contributed by atoms with van der Waals surface area (Å²) in [6.07, 6.45) is 1.47. The first-order valence-corrected chi connectivity index (χ1v) is 5.72. The molecule has 0 aliphatic rings. The fourth-order valence-electron chi connectivity index (χ4n) is 1.21. The number of hydrogen-bond acceptors (Lipinski definition) is 4. The molecule has 2 aromatic rings. The van der Waals surface area contributed by atoms with E-state index in [1.807, 2.05) is 0 Å². The lowest BCUT2D eigenvalue weighted by Gasteiger charge is -2.08. The zero-order chi connectivity index (χ0) is 13.1. The fourth-order valence-corrected chi connectivity index (χ4v) is 1.48. The van der Waals surface area contributed by atoms with Gasteiger partial charge in [-0.3, -0.25) is 0 Å². The van der Waals surface area contributed by atoms with Crippen LogP contribution in [0.25, 0.3) is 0 Å². The van der Waals surface area contributed by atoms with Gasteiger partial charge in [0, 0.05) is 13.1 Å². The van der Waals surface area contributed by atoms with Crippen molar-refractivity contribution in [3.63, 3.8) is 0 Å². The average molecular weight is 316 g/mol. The minimum absolute atomic E-state index is 0.113. The molecule has 0 fully saturated rings. The maximum Gasteiger partial charge on any atom is 0.238 e. The van der Waals surface area contributed by atoms with Crippen molar-refractivity contribution >= 4 is 21.9 Å². The van der Waals surface area contributed by atoms with Gasteiger partial charge in [0.1, 0.15) is 5.82 Å². The van der Waals surface area contributed by atoms with Crippen molar-refractivity contribution in [2.45, 2.75) is 0 Å². The Kier molecular flexibility index (Phi) is 3.71. The molecule has 0 aliphatic heterocycles. The van der Waals surface area contributed by atoms with Crippen molar-refractivity contribution in [1.29, 1.82) is 0 Å². The summed E-state index contributed by atoms with van der Waals surface area (Å²) in [6.45, 7) is 0. The lowest BCUT2D eigenvalue weighted by molar-refractivity contribution is 0.421. The Hall–Kier alpha value is -1.76. The van der Waals surface area contributed by atoms with Gasteiger partial charge in [-0.15, -0.1) is 0 Å². The largest absolute Gasteiger partial charge is 0.435 e. The summed E-state index contributed by atoms with van der Waals surface area (Å²) < 4.78 is 31.9. The van der Waals surface area contributed by atoms with Gasteiger partial charge in [-0.1, -0.05) is 0 Å². The highest BCUT2D eigenvalue weighted by Crippen LogP contribution is 2.29. The van der Waals surface area contributed by atoms with E-state index in [2.05, 4.69) is 31.2 Å². The maximum absolute atomic E-state index is 13.4. The number of aromatic nitrogens is 2. The first kappa shape index (κ1) is 12.7. The number of halogens is 3. The van der Waals surface area contributed by atoms with Crippen LogP contribution in [0.3, 0.4) is 0 Å². The van der Waals surface area contributed by atoms with Gasteiger partial charge in [-0.2, -0.15) is 4.98 Å². The monoisotopic (exact) mass is 315 g/mol. The molecule has 0 amide bonds. The first-order chi connectivity index (χ1) is 8.60. The predicted molar refractivity (Wildman–Crippen MR) is 65.7 cm³/mol. The molecule has 1 N–H and O–H groups in total. The minimum atomic E-state index is -0.800. The van der Waals surface area contributed by atoms with Gasteiger partial charge in [-0.05, 0) is 28.1 Å². The van der Waals surface area contributed by atoms with Crippen molar-refractivity contribution in [2.24, 2.45) is 0 Å². The van der Waals surface area contributed by atoms with Crippen LogP contribution in [0.5, 0.6) is 11.6 Å². The van der Waals surface area contributed by atoms with Crippen LogP contribution in [0.1, 0.15) is 0 Å². The number of nitrogens with one attached hydrogen (secondary N) is 1. The van der Waals surface area contributed by atoms with Gasteiger partial charge >= 0.3 is 0 Å². The Morgan fingerprint density at radius 1 is 1.33 bits per heavy atom. The molecule has 0 saturated heterocycles. The number of hydrogen-bond donors (Lipinski definition) is 1. The molecule has 1 aromatic heterocycles. The van der Waals surface area contributed by atoms with E-state index in [9.17, 15) is 8.78 Å². The Morgan fingerprint density at radius 3 is 2.78 bits per heavy atom. The fraction of sp³-hybridized carbons (Fsp3) is 0.0909. The number of anilines is 1. The molecule has 94 valence electrons. The topological polar surface area (TPSA) is 47.0 Å². The maximum atomic E-state index is 13.4. The molecule has 2 rings (SSSR count). The van der Waals surface area contributed by atoms with Gasteiger partial charge in [0.25, 0.3) is 0 Å².